The summed E-state index contributed by atoms with van der Waals surface area (Å²) < 4.78 is 1.58. The van der Waals surface area contributed by atoms with Crippen LogP contribution >= 0.6 is 11.8 Å². The van der Waals surface area contributed by atoms with Crippen LogP contribution in [-0.2, 0) is 11.3 Å². The number of hydrogen-bond acceptors (Lipinski definition) is 4. The molecule has 0 unspecified atom stereocenters. The lowest BCUT2D eigenvalue weighted by atomic mass is 10.1. The zero-order valence-electron chi connectivity index (χ0n) is 14.0. The van der Waals surface area contributed by atoms with Crippen LogP contribution in [0.4, 0.5) is 5.69 Å². The summed E-state index contributed by atoms with van der Waals surface area (Å²) in [5, 5.41) is 12.0. The zero-order chi connectivity index (χ0) is 17.6. The summed E-state index contributed by atoms with van der Waals surface area (Å²) in [6, 6.07) is 13.7. The van der Waals surface area contributed by atoms with Crippen molar-refractivity contribution in [2.75, 3.05) is 11.1 Å². The molecule has 0 fully saturated rings. The Morgan fingerprint density at radius 2 is 2.04 bits per heavy atom. The SMILES string of the molecule is CCCCn1c(SCC(=O)Nc2cccc3ccccc23)n[nH]c1=O. The van der Waals surface area contributed by atoms with Gasteiger partial charge in [0.25, 0.3) is 0 Å². The van der Waals surface area contributed by atoms with E-state index in [0.717, 1.165) is 29.3 Å². The van der Waals surface area contributed by atoms with Crippen LogP contribution in [0.25, 0.3) is 10.8 Å². The van der Waals surface area contributed by atoms with Crippen LogP contribution in [0.3, 0.4) is 0 Å². The van der Waals surface area contributed by atoms with Crippen molar-refractivity contribution < 1.29 is 4.79 Å². The van der Waals surface area contributed by atoms with Crippen molar-refractivity contribution in [2.45, 2.75) is 31.5 Å². The molecule has 0 aliphatic rings. The second-order valence-electron chi connectivity index (χ2n) is 5.68. The minimum absolute atomic E-state index is 0.126. The van der Waals surface area contributed by atoms with E-state index in [9.17, 15) is 9.59 Å². The Hall–Kier alpha value is -2.54. The van der Waals surface area contributed by atoms with Crippen molar-refractivity contribution in [3.63, 3.8) is 0 Å². The second-order valence-corrected chi connectivity index (χ2v) is 6.62. The number of nitrogens with one attached hydrogen (secondary N) is 2. The molecule has 2 N–H and O–H groups in total. The number of fused-ring (bicyclic) bond motifs is 1. The number of aromatic nitrogens is 3. The molecule has 0 saturated heterocycles. The lowest BCUT2D eigenvalue weighted by Gasteiger charge is -2.09. The van der Waals surface area contributed by atoms with Gasteiger partial charge in [-0.3, -0.25) is 9.36 Å². The topological polar surface area (TPSA) is 79.8 Å². The standard InChI is InChI=1S/C18H20N4O2S/c1-2-3-11-22-17(24)20-21-18(22)25-12-16(23)19-15-10-6-8-13-7-4-5-9-14(13)15/h4-10H,2-3,11-12H2,1H3,(H,19,23)(H,20,24). The molecule has 0 saturated carbocycles. The quantitative estimate of drug-likeness (QED) is 0.637. The first-order chi connectivity index (χ1) is 12.2. The van der Waals surface area contributed by atoms with Crippen molar-refractivity contribution >= 4 is 34.1 Å². The molecule has 130 valence electrons. The fourth-order valence-electron chi connectivity index (χ4n) is 2.58. The van der Waals surface area contributed by atoms with Crippen LogP contribution in [0.2, 0.25) is 0 Å². The Balaban J connectivity index is 1.66. The van der Waals surface area contributed by atoms with Crippen LogP contribution in [0, 0.1) is 0 Å². The van der Waals surface area contributed by atoms with Gasteiger partial charge in [0.2, 0.25) is 5.91 Å². The minimum atomic E-state index is -0.231. The van der Waals surface area contributed by atoms with E-state index >= 15 is 0 Å². The van der Waals surface area contributed by atoms with Crippen LogP contribution in [0.1, 0.15) is 19.8 Å². The molecule has 3 rings (SSSR count). The molecule has 3 aromatic rings. The number of carbonyl (C=O) groups is 1. The number of aromatic amines is 1. The van der Waals surface area contributed by atoms with E-state index < -0.39 is 0 Å². The van der Waals surface area contributed by atoms with Gasteiger partial charge in [0.15, 0.2) is 5.16 Å². The van der Waals surface area contributed by atoms with Gasteiger partial charge < -0.3 is 5.32 Å². The summed E-state index contributed by atoms with van der Waals surface area (Å²) in [7, 11) is 0. The number of amides is 1. The smallest absolute Gasteiger partial charge is 0.325 e. The van der Waals surface area contributed by atoms with Crippen molar-refractivity contribution in [2.24, 2.45) is 0 Å². The molecule has 0 radical (unpaired) electrons. The molecule has 2 aromatic carbocycles. The van der Waals surface area contributed by atoms with Crippen LogP contribution in [0.5, 0.6) is 0 Å². The van der Waals surface area contributed by atoms with E-state index in [4.69, 9.17) is 0 Å². The number of hydrogen-bond donors (Lipinski definition) is 2. The molecule has 0 bridgehead atoms. The van der Waals surface area contributed by atoms with Crippen LogP contribution in [0.15, 0.2) is 52.4 Å². The molecule has 1 amide bonds. The zero-order valence-corrected chi connectivity index (χ0v) is 14.8. The molecule has 6 nitrogen and oxygen atoms in total. The summed E-state index contributed by atoms with van der Waals surface area (Å²) in [6.45, 7) is 2.68. The van der Waals surface area contributed by atoms with E-state index in [0.29, 0.717) is 11.7 Å². The van der Waals surface area contributed by atoms with E-state index in [2.05, 4.69) is 22.4 Å². The van der Waals surface area contributed by atoms with Crippen LogP contribution in [-0.4, -0.2) is 26.4 Å². The van der Waals surface area contributed by atoms with Crippen molar-refractivity contribution in [3.05, 3.63) is 52.9 Å². The molecular formula is C18H20N4O2S. The number of thioether (sulfide) groups is 1. The summed E-state index contributed by atoms with van der Waals surface area (Å²) >= 11 is 1.26. The van der Waals surface area contributed by atoms with Crippen LogP contribution < -0.4 is 11.0 Å². The molecule has 0 aliphatic carbocycles. The van der Waals surface area contributed by atoms with Gasteiger partial charge in [-0.15, -0.1) is 5.10 Å². The fraction of sp³-hybridized carbons (Fsp3) is 0.278. The number of benzene rings is 2. The monoisotopic (exact) mass is 356 g/mol. The fourth-order valence-corrected chi connectivity index (χ4v) is 3.35. The summed E-state index contributed by atoms with van der Waals surface area (Å²) in [5.41, 5.74) is 0.555. The highest BCUT2D eigenvalue weighted by molar-refractivity contribution is 7.99. The average molecular weight is 356 g/mol. The lowest BCUT2D eigenvalue weighted by Crippen LogP contribution is -2.19. The molecule has 25 heavy (non-hydrogen) atoms. The first kappa shape index (κ1) is 17.3. The highest BCUT2D eigenvalue weighted by atomic mass is 32.2. The Bertz CT molecular complexity index is 927. The normalized spacial score (nSPS) is 10.9. The third-order valence-electron chi connectivity index (χ3n) is 3.85. The Morgan fingerprint density at radius 3 is 2.88 bits per heavy atom. The summed E-state index contributed by atoms with van der Waals surface area (Å²) in [6.07, 6.45) is 1.89. The first-order valence-corrected chi connectivity index (χ1v) is 9.23. The molecule has 7 heteroatoms. The van der Waals surface area contributed by atoms with E-state index in [1.165, 1.54) is 11.8 Å². The van der Waals surface area contributed by atoms with Gasteiger partial charge in [0.1, 0.15) is 0 Å². The van der Waals surface area contributed by atoms with Gasteiger partial charge in [-0.05, 0) is 17.9 Å². The molecule has 0 spiro atoms. The van der Waals surface area contributed by atoms with Gasteiger partial charge in [0.05, 0.1) is 5.75 Å². The first-order valence-electron chi connectivity index (χ1n) is 8.24. The van der Waals surface area contributed by atoms with Gasteiger partial charge in [-0.25, -0.2) is 9.89 Å². The van der Waals surface area contributed by atoms with Crippen molar-refractivity contribution in [3.8, 4) is 0 Å². The predicted octanol–water partition coefficient (Wildman–Crippen LogP) is 3.26. The minimum Gasteiger partial charge on any atom is -0.325 e. The Morgan fingerprint density at radius 1 is 1.24 bits per heavy atom. The summed E-state index contributed by atoms with van der Waals surface area (Å²) in [4.78, 5) is 24.1. The predicted molar refractivity (Wildman–Crippen MR) is 101 cm³/mol. The number of nitrogens with zero attached hydrogens (tertiary/aromatic N) is 2. The number of H-pyrrole nitrogens is 1. The van der Waals surface area contributed by atoms with E-state index in [1.807, 2.05) is 42.5 Å². The highest BCUT2D eigenvalue weighted by Gasteiger charge is 2.12. The lowest BCUT2D eigenvalue weighted by molar-refractivity contribution is -0.113. The largest absolute Gasteiger partial charge is 0.343 e. The van der Waals surface area contributed by atoms with Gasteiger partial charge in [0, 0.05) is 17.6 Å². The highest BCUT2D eigenvalue weighted by Crippen LogP contribution is 2.23. The van der Waals surface area contributed by atoms with E-state index in [1.54, 1.807) is 4.57 Å². The Kier molecular flexibility index (Phi) is 5.55. The number of carbonyl (C=O) groups excluding carboxylic acids is 1. The molecule has 1 aromatic heterocycles. The maximum Gasteiger partial charge on any atom is 0.343 e. The third-order valence-corrected chi connectivity index (χ3v) is 4.83. The van der Waals surface area contributed by atoms with E-state index in [-0.39, 0.29) is 17.3 Å². The third kappa shape index (κ3) is 4.11. The average Bonchev–Trinajstić information content (AvgIpc) is 2.98. The van der Waals surface area contributed by atoms with Gasteiger partial charge >= 0.3 is 5.69 Å². The van der Waals surface area contributed by atoms with Gasteiger partial charge in [-0.2, -0.15) is 0 Å². The molecular weight excluding hydrogens is 336 g/mol. The second kappa shape index (κ2) is 8.02. The van der Waals surface area contributed by atoms with Crippen molar-refractivity contribution in [1.29, 1.82) is 0 Å². The maximum absolute atomic E-state index is 12.3. The number of anilines is 1. The molecule has 0 atom stereocenters. The Labute approximate surface area is 149 Å². The summed E-state index contributed by atoms with van der Waals surface area (Å²) in [5.74, 6) is 0.0680. The van der Waals surface area contributed by atoms with Gasteiger partial charge in [-0.1, -0.05) is 61.5 Å². The molecule has 1 heterocycles. The van der Waals surface area contributed by atoms with Crippen molar-refractivity contribution in [1.82, 2.24) is 14.8 Å². The maximum atomic E-state index is 12.3. The number of unbranched alkanes of at least 4 members (excludes halogenated alkanes) is 1. The molecule has 0 aliphatic heterocycles. The number of rotatable bonds is 7.